The summed E-state index contributed by atoms with van der Waals surface area (Å²) in [5.74, 6) is 0. The van der Waals surface area contributed by atoms with E-state index in [1.165, 1.54) is 12.8 Å². The molecule has 0 aliphatic carbocycles. The maximum absolute atomic E-state index is 5.55. The second kappa shape index (κ2) is 7.74. The molecule has 0 N–H and O–H groups in total. The first-order valence-electron chi connectivity index (χ1n) is 5.26. The van der Waals surface area contributed by atoms with Gasteiger partial charge in [-0.25, -0.2) is 0 Å². The van der Waals surface area contributed by atoms with Crippen LogP contribution in [0, 0.1) is 0 Å². The predicted molar refractivity (Wildman–Crippen MR) is 54.5 cm³/mol. The third-order valence-electron chi connectivity index (χ3n) is 2.66. The van der Waals surface area contributed by atoms with E-state index in [0.29, 0.717) is 12.2 Å². The third-order valence-corrected chi connectivity index (χ3v) is 2.66. The van der Waals surface area contributed by atoms with Crippen molar-refractivity contribution < 1.29 is 14.2 Å². The number of ether oxygens (including phenoxy) is 3. The molecular weight excluding hydrogens is 207 g/mol. The number of hydrogen-bond donors (Lipinski definition) is 0. The molecule has 2 fully saturated rings. The van der Waals surface area contributed by atoms with E-state index >= 15 is 0 Å². The van der Waals surface area contributed by atoms with E-state index in [4.69, 9.17) is 14.2 Å². The topological polar surface area (TPSA) is 27.7 Å². The van der Waals surface area contributed by atoms with E-state index in [1.54, 1.807) is 0 Å². The SMILES string of the molecule is C1COC(COCC2CCCO2)C1.[K]. The van der Waals surface area contributed by atoms with Gasteiger partial charge < -0.3 is 14.2 Å². The summed E-state index contributed by atoms with van der Waals surface area (Å²) < 4.78 is 16.5. The molecule has 2 atom stereocenters. The molecule has 0 amide bonds. The molecule has 77 valence electrons. The summed E-state index contributed by atoms with van der Waals surface area (Å²) in [6.45, 7) is 3.32. The van der Waals surface area contributed by atoms with E-state index in [0.717, 1.165) is 39.3 Å². The van der Waals surface area contributed by atoms with Gasteiger partial charge >= 0.3 is 0 Å². The molecule has 0 saturated carbocycles. The van der Waals surface area contributed by atoms with Crippen LogP contribution in [0.25, 0.3) is 0 Å². The van der Waals surface area contributed by atoms with Crippen molar-refractivity contribution in [1.29, 1.82) is 0 Å². The largest absolute Gasteiger partial charge is 0.376 e. The molecule has 14 heavy (non-hydrogen) atoms. The van der Waals surface area contributed by atoms with Gasteiger partial charge in [-0.3, -0.25) is 0 Å². The molecule has 2 saturated heterocycles. The average molecular weight is 225 g/mol. The Labute approximate surface area is 128 Å². The number of rotatable bonds is 4. The Balaban J connectivity index is 0.000000980. The molecule has 0 aromatic rings. The van der Waals surface area contributed by atoms with Crippen molar-refractivity contribution in [3.8, 4) is 0 Å². The molecule has 0 bridgehead atoms. The van der Waals surface area contributed by atoms with Gasteiger partial charge in [0.2, 0.25) is 0 Å². The molecule has 4 heteroatoms. The van der Waals surface area contributed by atoms with Crippen LogP contribution in [0.1, 0.15) is 25.7 Å². The molecule has 2 unspecified atom stereocenters. The van der Waals surface area contributed by atoms with Gasteiger partial charge in [0, 0.05) is 64.6 Å². The Bertz CT molecular complexity index is 126. The monoisotopic (exact) mass is 225 g/mol. The Kier molecular flexibility index (Phi) is 7.50. The van der Waals surface area contributed by atoms with Crippen molar-refractivity contribution in [2.24, 2.45) is 0 Å². The first kappa shape index (κ1) is 13.6. The Hall–Kier alpha value is 1.52. The van der Waals surface area contributed by atoms with Crippen LogP contribution in [-0.2, 0) is 14.2 Å². The van der Waals surface area contributed by atoms with Crippen molar-refractivity contribution in [2.45, 2.75) is 37.9 Å². The van der Waals surface area contributed by atoms with Crippen LogP contribution in [0.4, 0.5) is 0 Å². The minimum absolute atomic E-state index is 0. The summed E-state index contributed by atoms with van der Waals surface area (Å²) in [7, 11) is 0. The molecule has 2 aliphatic rings. The average Bonchev–Trinajstić information content (AvgIpc) is 2.75. The van der Waals surface area contributed by atoms with Gasteiger partial charge in [-0.1, -0.05) is 0 Å². The summed E-state index contributed by atoms with van der Waals surface area (Å²) in [4.78, 5) is 0. The van der Waals surface area contributed by atoms with Crippen LogP contribution in [0.2, 0.25) is 0 Å². The van der Waals surface area contributed by atoms with Crippen LogP contribution in [0.5, 0.6) is 0 Å². The Morgan fingerprint density at radius 3 is 1.79 bits per heavy atom. The molecule has 2 heterocycles. The standard InChI is InChI=1S/C10H18O3.K/c1-3-9(12-5-1)7-11-8-10-4-2-6-13-10;/h9-10H,1-8H2;. The molecular formula is C10H18KO3. The van der Waals surface area contributed by atoms with Crippen LogP contribution < -0.4 is 0 Å². The second-order valence-electron chi connectivity index (χ2n) is 3.81. The van der Waals surface area contributed by atoms with E-state index in [1.807, 2.05) is 0 Å². The summed E-state index contributed by atoms with van der Waals surface area (Å²) in [6.07, 6.45) is 5.39. The fraction of sp³-hybridized carbons (Fsp3) is 1.00. The molecule has 0 aromatic carbocycles. The smallest absolute Gasteiger partial charge is 0.0809 e. The first-order chi connectivity index (χ1) is 6.45. The normalized spacial score (nSPS) is 31.7. The fourth-order valence-corrected chi connectivity index (χ4v) is 1.88. The quantitative estimate of drug-likeness (QED) is 0.668. The van der Waals surface area contributed by atoms with E-state index in [-0.39, 0.29) is 51.4 Å². The zero-order chi connectivity index (χ0) is 8.93. The summed E-state index contributed by atoms with van der Waals surface area (Å²) >= 11 is 0. The van der Waals surface area contributed by atoms with Gasteiger partial charge in [-0.05, 0) is 25.7 Å². The van der Waals surface area contributed by atoms with Gasteiger partial charge in [0.05, 0.1) is 25.4 Å². The van der Waals surface area contributed by atoms with Crippen molar-refractivity contribution in [2.75, 3.05) is 26.4 Å². The fourth-order valence-electron chi connectivity index (χ4n) is 1.88. The van der Waals surface area contributed by atoms with Crippen molar-refractivity contribution in [3.05, 3.63) is 0 Å². The van der Waals surface area contributed by atoms with Crippen molar-refractivity contribution in [1.82, 2.24) is 0 Å². The minimum atomic E-state index is 0. The molecule has 0 spiro atoms. The predicted octanol–water partition coefficient (Wildman–Crippen LogP) is 0.980. The first-order valence-corrected chi connectivity index (χ1v) is 5.26. The van der Waals surface area contributed by atoms with E-state index in [2.05, 4.69) is 0 Å². The van der Waals surface area contributed by atoms with Crippen molar-refractivity contribution in [3.63, 3.8) is 0 Å². The van der Waals surface area contributed by atoms with Crippen molar-refractivity contribution >= 4 is 51.4 Å². The second-order valence-corrected chi connectivity index (χ2v) is 3.81. The van der Waals surface area contributed by atoms with Crippen LogP contribution in [0.15, 0.2) is 0 Å². The van der Waals surface area contributed by atoms with Crippen LogP contribution >= 0.6 is 0 Å². The van der Waals surface area contributed by atoms with E-state index in [9.17, 15) is 0 Å². The maximum atomic E-state index is 5.55. The van der Waals surface area contributed by atoms with Gasteiger partial charge in [0.15, 0.2) is 0 Å². The van der Waals surface area contributed by atoms with Crippen LogP contribution in [0.3, 0.4) is 0 Å². The molecule has 3 nitrogen and oxygen atoms in total. The molecule has 0 aromatic heterocycles. The van der Waals surface area contributed by atoms with Crippen LogP contribution in [-0.4, -0.2) is 90.0 Å². The summed E-state index contributed by atoms with van der Waals surface area (Å²) in [5.41, 5.74) is 0. The zero-order valence-corrected chi connectivity index (χ0v) is 12.2. The Morgan fingerprint density at radius 2 is 1.43 bits per heavy atom. The van der Waals surface area contributed by atoms with E-state index < -0.39 is 0 Å². The third kappa shape index (κ3) is 4.57. The maximum Gasteiger partial charge on any atom is 0.0809 e. The zero-order valence-electron chi connectivity index (χ0n) is 9.04. The van der Waals surface area contributed by atoms with Gasteiger partial charge in [0.1, 0.15) is 0 Å². The molecule has 2 rings (SSSR count). The Morgan fingerprint density at radius 1 is 0.929 bits per heavy atom. The summed E-state index contributed by atoms with van der Waals surface area (Å²) in [5, 5.41) is 0. The number of hydrogen-bond acceptors (Lipinski definition) is 3. The minimum Gasteiger partial charge on any atom is -0.376 e. The van der Waals surface area contributed by atoms with Gasteiger partial charge in [0.25, 0.3) is 0 Å². The van der Waals surface area contributed by atoms with Gasteiger partial charge in [-0.2, -0.15) is 0 Å². The molecule has 1 radical (unpaired) electrons. The molecule has 2 aliphatic heterocycles. The summed E-state index contributed by atoms with van der Waals surface area (Å²) in [6, 6.07) is 0. The van der Waals surface area contributed by atoms with Gasteiger partial charge in [-0.15, -0.1) is 0 Å².